The molecule has 0 heterocycles. The SMILES string of the molecule is CCCCCCCCCCCCCCCC(=O)CC[C@@H](COP(=O)(O)OCCNC(=O)CCCCCNC(=O)OC(C)(C)C)OC(=O)CCCCCCCCCCCCCCC. The molecule has 0 rings (SSSR count). The maximum absolute atomic E-state index is 12.8. The molecule has 0 saturated heterocycles. The fourth-order valence-corrected chi connectivity index (χ4v) is 7.99. The van der Waals surface area contributed by atoms with Gasteiger partial charge in [-0.1, -0.05) is 174 Å². The molecule has 0 aromatic carbocycles. The minimum Gasteiger partial charge on any atom is -0.460 e. The van der Waals surface area contributed by atoms with E-state index in [1.807, 2.05) is 0 Å². The maximum Gasteiger partial charge on any atom is 0.472 e. The van der Waals surface area contributed by atoms with Crippen LogP contribution < -0.4 is 10.6 Å². The molecule has 12 nitrogen and oxygen atoms in total. The Morgan fingerprint density at radius 1 is 0.532 bits per heavy atom. The molecule has 0 aliphatic rings. The molecule has 62 heavy (non-hydrogen) atoms. The van der Waals surface area contributed by atoms with E-state index in [0.717, 1.165) is 44.9 Å². The summed E-state index contributed by atoms with van der Waals surface area (Å²) >= 11 is 0. The average molecular weight is 903 g/mol. The second-order valence-corrected chi connectivity index (χ2v) is 19.8. The number of nitrogens with one attached hydrogen (secondary N) is 2. The van der Waals surface area contributed by atoms with Crippen molar-refractivity contribution in [2.45, 2.75) is 265 Å². The van der Waals surface area contributed by atoms with Crippen LogP contribution in [0.2, 0.25) is 0 Å². The molecule has 0 aliphatic carbocycles. The van der Waals surface area contributed by atoms with Crippen LogP contribution in [0.3, 0.4) is 0 Å². The second kappa shape index (κ2) is 41.7. The Bertz CT molecular complexity index is 1150. The number of unbranched alkanes of at least 4 members (excludes halogenated alkanes) is 26. The zero-order chi connectivity index (χ0) is 46.0. The van der Waals surface area contributed by atoms with Gasteiger partial charge in [-0.3, -0.25) is 23.4 Å². The van der Waals surface area contributed by atoms with E-state index in [4.69, 9.17) is 18.5 Å². The van der Waals surface area contributed by atoms with Crippen LogP contribution in [-0.2, 0) is 37.5 Å². The summed E-state index contributed by atoms with van der Waals surface area (Å²) < 4.78 is 33.9. The monoisotopic (exact) mass is 903 g/mol. The van der Waals surface area contributed by atoms with Crippen molar-refractivity contribution in [3.63, 3.8) is 0 Å². The zero-order valence-corrected chi connectivity index (χ0v) is 41.4. The van der Waals surface area contributed by atoms with E-state index in [1.165, 1.54) is 122 Å². The molecule has 0 aliphatic heterocycles. The van der Waals surface area contributed by atoms with E-state index >= 15 is 0 Å². The number of Topliss-reactive ketones (excluding diaryl/α,β-unsaturated/α-hetero) is 1. The van der Waals surface area contributed by atoms with Gasteiger partial charge in [0.05, 0.1) is 13.2 Å². The van der Waals surface area contributed by atoms with Gasteiger partial charge in [0, 0.05) is 38.8 Å². The Balaban J connectivity index is 4.56. The number of hydrogen-bond donors (Lipinski definition) is 3. The highest BCUT2D eigenvalue weighted by Gasteiger charge is 2.26. The summed E-state index contributed by atoms with van der Waals surface area (Å²) in [5.41, 5.74) is -0.559. The average Bonchev–Trinajstić information content (AvgIpc) is 3.21. The third kappa shape index (κ3) is 44.6. The quantitative estimate of drug-likeness (QED) is 0.0304. The van der Waals surface area contributed by atoms with Crippen LogP contribution >= 0.6 is 7.82 Å². The molecule has 0 aromatic heterocycles. The highest BCUT2D eigenvalue weighted by Crippen LogP contribution is 2.43. The van der Waals surface area contributed by atoms with E-state index in [1.54, 1.807) is 20.8 Å². The van der Waals surface area contributed by atoms with Crippen LogP contribution in [0.1, 0.15) is 253 Å². The summed E-state index contributed by atoms with van der Waals surface area (Å²) in [5, 5.41) is 5.35. The van der Waals surface area contributed by atoms with Gasteiger partial charge in [0.1, 0.15) is 17.5 Å². The van der Waals surface area contributed by atoms with Crippen LogP contribution in [0.15, 0.2) is 0 Å². The number of hydrogen-bond acceptors (Lipinski definition) is 9. The van der Waals surface area contributed by atoms with Gasteiger partial charge in [-0.05, 0) is 52.9 Å². The lowest BCUT2D eigenvalue weighted by atomic mass is 10.0. The lowest BCUT2D eigenvalue weighted by Gasteiger charge is -2.20. The second-order valence-electron chi connectivity index (χ2n) is 18.4. The molecule has 0 fully saturated rings. The first-order chi connectivity index (χ1) is 29.8. The molecule has 366 valence electrons. The molecule has 0 bridgehead atoms. The van der Waals surface area contributed by atoms with Gasteiger partial charge in [-0.25, -0.2) is 9.36 Å². The predicted molar refractivity (Wildman–Crippen MR) is 252 cm³/mol. The first-order valence-electron chi connectivity index (χ1n) is 25.3. The molecule has 1 unspecified atom stereocenters. The highest BCUT2D eigenvalue weighted by atomic mass is 31.2. The van der Waals surface area contributed by atoms with Crippen LogP contribution in [0.5, 0.6) is 0 Å². The smallest absolute Gasteiger partial charge is 0.460 e. The molecule has 0 saturated carbocycles. The van der Waals surface area contributed by atoms with Gasteiger partial charge in [0.2, 0.25) is 5.91 Å². The normalized spacial score (nSPS) is 13.1. The third-order valence-corrected chi connectivity index (χ3v) is 11.9. The molecule has 13 heteroatoms. The summed E-state index contributed by atoms with van der Waals surface area (Å²) in [6, 6.07) is 0. The van der Waals surface area contributed by atoms with E-state index < -0.39 is 31.6 Å². The van der Waals surface area contributed by atoms with Gasteiger partial charge in [0.15, 0.2) is 0 Å². The first-order valence-corrected chi connectivity index (χ1v) is 26.8. The number of ketones is 1. The largest absolute Gasteiger partial charge is 0.472 e. The van der Waals surface area contributed by atoms with Gasteiger partial charge in [-0.2, -0.15) is 0 Å². The van der Waals surface area contributed by atoms with Crippen molar-refractivity contribution in [2.24, 2.45) is 0 Å². The molecule has 2 atom stereocenters. The standard InChI is InChI=1S/C49H95N2O10P/c1-6-8-10-12-14-16-18-20-22-24-26-28-31-35-44(52)38-39-45(60-47(54)37-33-29-27-25-23-21-19-17-15-13-11-9-7-2)43-59-62(56,57)58-42-41-50-46(53)36-32-30-34-40-51-48(55)61-49(3,4)5/h45H,6-43H2,1-5H3,(H,50,53)(H,51,55)(H,56,57)/t45-/m0/s1. The van der Waals surface area contributed by atoms with E-state index in [2.05, 4.69) is 24.5 Å². The number of rotatable bonds is 45. The molecule has 0 spiro atoms. The van der Waals surface area contributed by atoms with Crippen molar-refractivity contribution in [3.8, 4) is 0 Å². The lowest BCUT2D eigenvalue weighted by Crippen LogP contribution is -2.33. The number of esters is 1. The van der Waals surface area contributed by atoms with E-state index in [-0.39, 0.29) is 57.1 Å². The number of phosphoric ester groups is 1. The maximum atomic E-state index is 12.8. The van der Waals surface area contributed by atoms with Crippen LogP contribution in [0.25, 0.3) is 0 Å². The molecular formula is C49H95N2O10P. The molecule has 0 radical (unpaired) electrons. The fourth-order valence-electron chi connectivity index (χ4n) is 7.24. The summed E-state index contributed by atoms with van der Waals surface area (Å²) in [6.07, 6.45) is 33.8. The fraction of sp³-hybridized carbons (Fsp3) is 0.918. The molecule has 0 aromatic rings. The number of carbonyl (C=O) groups excluding carboxylic acids is 4. The highest BCUT2D eigenvalue weighted by molar-refractivity contribution is 7.47. The van der Waals surface area contributed by atoms with Gasteiger partial charge in [0.25, 0.3) is 0 Å². The summed E-state index contributed by atoms with van der Waals surface area (Å²) in [4.78, 5) is 59.9. The summed E-state index contributed by atoms with van der Waals surface area (Å²) in [5.74, 6) is -0.537. The predicted octanol–water partition coefficient (Wildman–Crippen LogP) is 13.5. The molecular weight excluding hydrogens is 808 g/mol. The Morgan fingerprint density at radius 3 is 1.45 bits per heavy atom. The van der Waals surface area contributed by atoms with Crippen molar-refractivity contribution < 1.29 is 47.2 Å². The Morgan fingerprint density at radius 2 is 0.968 bits per heavy atom. The number of phosphoric acid groups is 1. The summed E-state index contributed by atoms with van der Waals surface area (Å²) in [7, 11) is -4.52. The summed E-state index contributed by atoms with van der Waals surface area (Å²) in [6.45, 7) is 9.72. The molecule has 2 amide bonds. The van der Waals surface area contributed by atoms with Crippen LogP contribution in [0, 0.1) is 0 Å². The van der Waals surface area contributed by atoms with Crippen molar-refractivity contribution in [2.75, 3.05) is 26.3 Å². The minimum atomic E-state index is -4.52. The van der Waals surface area contributed by atoms with Crippen molar-refractivity contribution in [3.05, 3.63) is 0 Å². The van der Waals surface area contributed by atoms with Crippen LogP contribution in [-0.4, -0.2) is 66.7 Å². The van der Waals surface area contributed by atoms with Crippen molar-refractivity contribution >= 4 is 31.6 Å². The Kier molecular flexibility index (Phi) is 40.3. The first kappa shape index (κ1) is 60.0. The topological polar surface area (TPSA) is 167 Å². The lowest BCUT2D eigenvalue weighted by molar-refractivity contribution is -0.152. The van der Waals surface area contributed by atoms with Gasteiger partial charge < -0.3 is 25.0 Å². The number of ether oxygens (including phenoxy) is 2. The Labute approximate surface area is 379 Å². The van der Waals surface area contributed by atoms with Crippen molar-refractivity contribution in [1.82, 2.24) is 10.6 Å². The third-order valence-electron chi connectivity index (χ3n) is 10.9. The van der Waals surface area contributed by atoms with E-state index in [0.29, 0.717) is 32.2 Å². The van der Waals surface area contributed by atoms with Gasteiger partial charge >= 0.3 is 19.9 Å². The Hall–Kier alpha value is -2.01. The zero-order valence-electron chi connectivity index (χ0n) is 40.5. The number of alkyl carbamates (subject to hydrolysis) is 1. The van der Waals surface area contributed by atoms with Crippen LogP contribution in [0.4, 0.5) is 4.79 Å². The molecule has 3 N–H and O–H groups in total. The number of amides is 2. The number of carbonyl (C=O) groups is 4. The van der Waals surface area contributed by atoms with E-state index in [9.17, 15) is 28.6 Å². The van der Waals surface area contributed by atoms with Crippen molar-refractivity contribution in [1.29, 1.82) is 0 Å². The van der Waals surface area contributed by atoms with Gasteiger partial charge in [-0.15, -0.1) is 0 Å². The minimum absolute atomic E-state index is 0.0121.